The van der Waals surface area contributed by atoms with Crippen molar-refractivity contribution in [2.75, 3.05) is 0 Å². The molecule has 1 aromatic carbocycles. The van der Waals surface area contributed by atoms with Crippen molar-refractivity contribution in [3.63, 3.8) is 0 Å². The van der Waals surface area contributed by atoms with E-state index in [4.69, 9.17) is 13.1 Å². The normalized spacial score (nSPS) is 14.9. The molecule has 0 saturated carbocycles. The second kappa shape index (κ2) is 10.0. The number of nitrogens with zero attached hydrogens (tertiary/aromatic N) is 8. The fourth-order valence-corrected chi connectivity index (χ4v) is 7.25. The monoisotopic (exact) mass is 676 g/mol. The summed E-state index contributed by atoms with van der Waals surface area (Å²) in [7, 11) is -13.8. The number of fused-ring (bicyclic) bond motifs is 6. The van der Waals surface area contributed by atoms with E-state index < -0.39 is 75.5 Å². The Morgan fingerprint density at radius 1 is 0.696 bits per heavy atom. The van der Waals surface area contributed by atoms with E-state index in [2.05, 4.69) is 29.6 Å². The summed E-state index contributed by atoms with van der Waals surface area (Å²) in [6.45, 7) is 18.4. The first kappa shape index (κ1) is 32.0. The highest BCUT2D eigenvalue weighted by Gasteiger charge is 2.56. The average Bonchev–Trinajstić information content (AvgIpc) is 3.51. The maximum atomic E-state index is 13.7. The summed E-state index contributed by atoms with van der Waals surface area (Å²) in [4.78, 5) is 21.8. The summed E-state index contributed by atoms with van der Waals surface area (Å²) in [6.07, 6.45) is -1.02. The van der Waals surface area contributed by atoms with Gasteiger partial charge in [-0.05, 0) is 25.0 Å². The molecule has 0 amide bonds. The highest BCUT2D eigenvalue weighted by Crippen LogP contribution is 2.42. The molecular weight excluding hydrogens is 666 g/mol. The number of alkyl halides is 6. The topological polar surface area (TPSA) is 176 Å². The van der Waals surface area contributed by atoms with Gasteiger partial charge >= 0.3 is 11.0 Å². The van der Waals surface area contributed by atoms with E-state index in [1.807, 2.05) is 0 Å². The number of aryl methyl sites for hydroxylation is 2. The average molecular weight is 677 g/mol. The molecule has 0 atom stereocenters. The fourth-order valence-electron chi connectivity index (χ4n) is 5.16. The van der Waals surface area contributed by atoms with E-state index in [-0.39, 0.29) is 44.9 Å². The predicted octanol–water partition coefficient (Wildman–Crippen LogP) is 2.71. The Hall–Kier alpha value is -5.44. The Balaban J connectivity index is 2.10. The molecule has 0 aliphatic heterocycles. The third-order valence-electron chi connectivity index (χ3n) is 7.18. The zero-order valence-electron chi connectivity index (χ0n) is 22.7. The van der Waals surface area contributed by atoms with Crippen molar-refractivity contribution in [1.29, 1.82) is 10.5 Å². The number of halogens is 6. The van der Waals surface area contributed by atoms with Crippen LogP contribution < -0.4 is 10.4 Å². The molecule has 0 radical (unpaired) electrons. The lowest BCUT2D eigenvalue weighted by molar-refractivity contribution is -0.0461. The first-order valence-corrected chi connectivity index (χ1v) is 15.1. The molecule has 0 N–H and O–H groups in total. The highest BCUT2D eigenvalue weighted by atomic mass is 32.2. The Kier molecular flexibility index (Phi) is 6.97. The number of hydrogen-bond acceptors (Lipinski definition) is 10. The fraction of sp³-hybridized carbons (Fsp3) is 0.231. The van der Waals surface area contributed by atoms with Crippen LogP contribution in [0, 0.1) is 49.7 Å². The SMILES string of the molecule is [C-]#[N+]/C(C#N)=c1/c2c(/c(=C(\C#N)[N+]#[C-])c3c1-c1nc(C)c(C)nc1C3)-c1nc(S(=O)(=O)C(F)(F)F)c(S(=O)(=O)C(F)(F)F)nc1C2. The third-order valence-corrected chi connectivity index (χ3v) is 10.1. The zero-order valence-corrected chi connectivity index (χ0v) is 24.3. The second-order valence-corrected chi connectivity index (χ2v) is 13.4. The van der Waals surface area contributed by atoms with Crippen LogP contribution in [0.4, 0.5) is 26.3 Å². The minimum atomic E-state index is -6.93. The molecule has 0 saturated heterocycles. The molecule has 2 aromatic heterocycles. The molecule has 2 heterocycles. The Labute approximate surface area is 254 Å². The van der Waals surface area contributed by atoms with Crippen molar-refractivity contribution >= 4 is 31.1 Å². The van der Waals surface area contributed by atoms with Gasteiger partial charge in [0.2, 0.25) is 10.1 Å². The lowest BCUT2D eigenvalue weighted by atomic mass is 9.92. The number of benzene rings is 1. The number of sulfone groups is 2. The largest absolute Gasteiger partial charge is 0.503 e. The Bertz CT molecular complexity index is 2470. The van der Waals surface area contributed by atoms with Crippen LogP contribution in [-0.4, -0.2) is 47.8 Å². The van der Waals surface area contributed by atoms with Crippen LogP contribution in [0.15, 0.2) is 10.1 Å². The number of hydrogen-bond donors (Lipinski definition) is 0. The molecule has 0 unspecified atom stereocenters. The zero-order chi connectivity index (χ0) is 34.3. The lowest BCUT2D eigenvalue weighted by Crippen LogP contribution is -2.31. The van der Waals surface area contributed by atoms with Gasteiger partial charge in [0, 0.05) is 34.4 Å². The van der Waals surface area contributed by atoms with E-state index >= 15 is 0 Å². The summed E-state index contributed by atoms with van der Waals surface area (Å²) >= 11 is 0. The maximum absolute atomic E-state index is 13.7. The minimum Gasteiger partial charge on any atom is -0.254 e. The summed E-state index contributed by atoms with van der Waals surface area (Å²) < 4.78 is 132. The molecule has 0 fully saturated rings. The van der Waals surface area contributed by atoms with E-state index in [1.54, 1.807) is 26.0 Å². The molecule has 12 nitrogen and oxygen atoms in total. The first-order valence-electron chi connectivity index (χ1n) is 12.2. The number of rotatable bonds is 2. The molecule has 0 spiro atoms. The lowest BCUT2D eigenvalue weighted by Gasteiger charge is -2.15. The van der Waals surface area contributed by atoms with Crippen LogP contribution in [0.5, 0.6) is 0 Å². The van der Waals surface area contributed by atoms with Crippen LogP contribution in [0.2, 0.25) is 0 Å². The van der Waals surface area contributed by atoms with Crippen molar-refractivity contribution in [1.82, 2.24) is 19.9 Å². The van der Waals surface area contributed by atoms with Gasteiger partial charge in [0.05, 0.1) is 59.4 Å². The van der Waals surface area contributed by atoms with Crippen LogP contribution >= 0.6 is 0 Å². The molecule has 2 aliphatic carbocycles. The summed E-state index contributed by atoms with van der Waals surface area (Å²) in [5, 5.41) is 14.0. The summed E-state index contributed by atoms with van der Waals surface area (Å²) in [5.74, 6) is 0. The third kappa shape index (κ3) is 4.29. The molecule has 0 bridgehead atoms. The summed E-state index contributed by atoms with van der Waals surface area (Å²) in [5.41, 5.74) is -15.3. The smallest absolute Gasteiger partial charge is 0.254 e. The molecule has 2 aliphatic rings. The predicted molar refractivity (Wildman–Crippen MR) is 141 cm³/mol. The Morgan fingerprint density at radius 2 is 1.07 bits per heavy atom. The van der Waals surface area contributed by atoms with Gasteiger partial charge in [-0.25, -0.2) is 52.0 Å². The van der Waals surface area contributed by atoms with Crippen LogP contribution in [0.1, 0.15) is 33.9 Å². The number of aromatic nitrogens is 4. The standard InChI is InChI=1S/C26H10F6N8O4S2/c1-9-10(2)38-21-13(37-9)5-11-18(16(8-34)36-4)20-12(17(19(11)21)15(7-33)35-3)6-14-22(20)40-24(46(43,44)26(30,31)32)23(39-14)45(41,42)25(27,28)29/h5-6H2,1-2H3/b17-15-,18-16+. The maximum Gasteiger partial charge on any atom is 0.503 e. The van der Waals surface area contributed by atoms with Crippen molar-refractivity contribution in [2.45, 2.75) is 47.8 Å². The minimum absolute atomic E-state index is 0.0135. The Morgan fingerprint density at radius 3 is 1.46 bits per heavy atom. The number of nitriles is 2. The van der Waals surface area contributed by atoms with Crippen molar-refractivity contribution in [2.24, 2.45) is 0 Å². The highest BCUT2D eigenvalue weighted by molar-refractivity contribution is 7.95. The van der Waals surface area contributed by atoms with Gasteiger partial charge in [-0.3, -0.25) is 4.98 Å². The van der Waals surface area contributed by atoms with Gasteiger partial charge in [-0.15, -0.1) is 0 Å². The van der Waals surface area contributed by atoms with E-state index in [0.717, 1.165) is 0 Å². The van der Waals surface area contributed by atoms with Gasteiger partial charge in [0.15, 0.2) is 0 Å². The molecule has 20 heteroatoms. The van der Waals surface area contributed by atoms with Gasteiger partial charge in [0.25, 0.3) is 31.1 Å². The van der Waals surface area contributed by atoms with Crippen LogP contribution in [0.3, 0.4) is 0 Å². The van der Waals surface area contributed by atoms with Crippen LogP contribution in [0.25, 0.3) is 43.6 Å². The van der Waals surface area contributed by atoms with Crippen molar-refractivity contribution in [3.05, 3.63) is 67.2 Å². The van der Waals surface area contributed by atoms with Crippen LogP contribution in [-0.2, 0) is 32.5 Å². The molecule has 3 aromatic rings. The quantitative estimate of drug-likeness (QED) is 0.200. The second-order valence-electron chi connectivity index (χ2n) is 9.67. The van der Waals surface area contributed by atoms with E-state index in [0.29, 0.717) is 11.4 Å². The van der Waals surface area contributed by atoms with Crippen molar-refractivity contribution < 1.29 is 43.2 Å². The molecule has 46 heavy (non-hydrogen) atoms. The summed E-state index contributed by atoms with van der Waals surface area (Å²) in [6, 6.07) is 3.26. The molecular formula is C26H10F6N8O4S2. The van der Waals surface area contributed by atoms with E-state index in [1.165, 1.54) is 0 Å². The molecule has 232 valence electrons. The van der Waals surface area contributed by atoms with Gasteiger partial charge in [-0.1, -0.05) is 0 Å². The van der Waals surface area contributed by atoms with Gasteiger partial charge in [-0.2, -0.15) is 26.3 Å². The van der Waals surface area contributed by atoms with Crippen molar-refractivity contribution in [3.8, 4) is 34.7 Å². The molecule has 5 rings (SSSR count). The van der Waals surface area contributed by atoms with Gasteiger partial charge in [0.1, 0.15) is 0 Å². The van der Waals surface area contributed by atoms with E-state index in [9.17, 15) is 53.7 Å². The van der Waals surface area contributed by atoms with Gasteiger partial charge < -0.3 is 0 Å². The first-order chi connectivity index (χ1) is 21.3.